The van der Waals surface area contributed by atoms with Gasteiger partial charge in [0, 0.05) is 0 Å². The number of amides is 1. The number of carbonyl (C=O) groups excluding carboxylic acids is 1. The molecule has 0 fully saturated rings. The van der Waals surface area contributed by atoms with Gasteiger partial charge in [0.15, 0.2) is 11.5 Å². The standard InChI is InChI=1S/C15H15IN2O4/c1-9-11(4-5-22-9)15(19)18-17-8-10-6-12(16)14(21-3)13(7-10)20-2/h4-8H,1-3H3,(H,18,19)/b17-8-. The molecule has 0 aliphatic heterocycles. The second-order valence-corrected chi connectivity index (χ2v) is 5.49. The number of ether oxygens (including phenoxy) is 2. The van der Waals surface area contributed by atoms with Crippen LogP contribution in [0, 0.1) is 10.5 Å². The van der Waals surface area contributed by atoms with Crippen molar-refractivity contribution in [1.29, 1.82) is 0 Å². The predicted octanol–water partition coefficient (Wildman–Crippen LogP) is 2.97. The molecular formula is C15H15IN2O4. The van der Waals surface area contributed by atoms with E-state index in [4.69, 9.17) is 13.9 Å². The summed E-state index contributed by atoms with van der Waals surface area (Å²) in [6.45, 7) is 1.72. The van der Waals surface area contributed by atoms with E-state index in [1.54, 1.807) is 33.3 Å². The SMILES string of the molecule is COc1cc(/C=N\NC(=O)c2ccoc2C)cc(I)c1OC. The monoisotopic (exact) mass is 414 g/mol. The van der Waals surface area contributed by atoms with Crippen LogP contribution in [0.5, 0.6) is 11.5 Å². The van der Waals surface area contributed by atoms with Crippen LogP contribution < -0.4 is 14.9 Å². The molecule has 0 atom stereocenters. The number of methoxy groups -OCH3 is 2. The van der Waals surface area contributed by atoms with E-state index in [9.17, 15) is 4.79 Å². The fourth-order valence-corrected chi connectivity index (χ4v) is 2.70. The maximum Gasteiger partial charge on any atom is 0.274 e. The summed E-state index contributed by atoms with van der Waals surface area (Å²) in [7, 11) is 3.15. The number of hydrazone groups is 1. The Kier molecular flexibility index (Phi) is 5.42. The molecule has 1 aromatic carbocycles. The summed E-state index contributed by atoms with van der Waals surface area (Å²) in [4.78, 5) is 11.9. The van der Waals surface area contributed by atoms with E-state index < -0.39 is 0 Å². The number of rotatable bonds is 5. The summed E-state index contributed by atoms with van der Waals surface area (Å²) < 4.78 is 16.5. The lowest BCUT2D eigenvalue weighted by molar-refractivity contribution is 0.0953. The van der Waals surface area contributed by atoms with E-state index in [0.717, 1.165) is 9.13 Å². The van der Waals surface area contributed by atoms with E-state index in [1.807, 2.05) is 6.07 Å². The third-order valence-corrected chi connectivity index (χ3v) is 3.74. The van der Waals surface area contributed by atoms with Gasteiger partial charge < -0.3 is 13.9 Å². The summed E-state index contributed by atoms with van der Waals surface area (Å²) in [5.41, 5.74) is 3.70. The van der Waals surface area contributed by atoms with Crippen LogP contribution in [-0.4, -0.2) is 26.3 Å². The van der Waals surface area contributed by atoms with Gasteiger partial charge in [-0.15, -0.1) is 0 Å². The number of halogens is 1. The Morgan fingerprint density at radius 1 is 1.36 bits per heavy atom. The van der Waals surface area contributed by atoms with Crippen molar-refractivity contribution in [2.45, 2.75) is 6.92 Å². The number of hydrogen-bond donors (Lipinski definition) is 1. The highest BCUT2D eigenvalue weighted by Gasteiger charge is 2.11. The van der Waals surface area contributed by atoms with E-state index in [0.29, 0.717) is 22.8 Å². The van der Waals surface area contributed by atoms with Crippen LogP contribution in [0.4, 0.5) is 0 Å². The molecule has 2 aromatic rings. The molecule has 0 aliphatic carbocycles. The molecule has 1 amide bonds. The third-order valence-electron chi connectivity index (χ3n) is 2.94. The lowest BCUT2D eigenvalue weighted by Gasteiger charge is -2.10. The highest BCUT2D eigenvalue weighted by molar-refractivity contribution is 14.1. The van der Waals surface area contributed by atoms with Gasteiger partial charge in [-0.25, -0.2) is 5.43 Å². The van der Waals surface area contributed by atoms with Crippen molar-refractivity contribution in [3.05, 3.63) is 44.9 Å². The second kappa shape index (κ2) is 7.30. The molecule has 0 unspecified atom stereocenters. The Morgan fingerprint density at radius 3 is 2.73 bits per heavy atom. The van der Waals surface area contributed by atoms with Gasteiger partial charge in [-0.05, 0) is 53.3 Å². The molecule has 1 aromatic heterocycles. The minimum absolute atomic E-state index is 0.322. The molecule has 1 N–H and O–H groups in total. The average molecular weight is 414 g/mol. The number of aryl methyl sites for hydroxylation is 1. The molecule has 0 saturated carbocycles. The summed E-state index contributed by atoms with van der Waals surface area (Å²) in [5, 5.41) is 3.94. The Bertz CT molecular complexity index is 710. The molecule has 22 heavy (non-hydrogen) atoms. The molecular weight excluding hydrogens is 399 g/mol. The van der Waals surface area contributed by atoms with E-state index in [1.165, 1.54) is 12.5 Å². The van der Waals surface area contributed by atoms with Crippen LogP contribution >= 0.6 is 22.6 Å². The molecule has 116 valence electrons. The lowest BCUT2D eigenvalue weighted by atomic mass is 10.2. The summed E-state index contributed by atoms with van der Waals surface area (Å²) in [6.07, 6.45) is 3.00. The zero-order chi connectivity index (χ0) is 16.1. The Morgan fingerprint density at radius 2 is 2.14 bits per heavy atom. The van der Waals surface area contributed by atoms with Crippen LogP contribution in [0.25, 0.3) is 0 Å². The van der Waals surface area contributed by atoms with Crippen molar-refractivity contribution in [1.82, 2.24) is 5.43 Å². The summed E-state index contributed by atoms with van der Waals surface area (Å²) in [5.74, 6) is 1.50. The number of carbonyl (C=O) groups is 1. The van der Waals surface area contributed by atoms with Gasteiger partial charge in [-0.3, -0.25) is 4.79 Å². The van der Waals surface area contributed by atoms with Crippen molar-refractivity contribution in [2.24, 2.45) is 5.10 Å². The smallest absolute Gasteiger partial charge is 0.274 e. The molecule has 0 radical (unpaired) electrons. The number of hydrogen-bond acceptors (Lipinski definition) is 5. The van der Waals surface area contributed by atoms with Gasteiger partial charge in [0.1, 0.15) is 5.76 Å². The van der Waals surface area contributed by atoms with Crippen molar-refractivity contribution >= 4 is 34.7 Å². The highest BCUT2D eigenvalue weighted by atomic mass is 127. The normalized spacial score (nSPS) is 10.7. The maximum absolute atomic E-state index is 11.9. The minimum Gasteiger partial charge on any atom is -0.493 e. The quantitative estimate of drug-likeness (QED) is 0.464. The van der Waals surface area contributed by atoms with Gasteiger partial charge in [0.05, 0.1) is 35.8 Å². The molecule has 0 aliphatic rings. The van der Waals surface area contributed by atoms with Crippen LogP contribution in [0.3, 0.4) is 0 Å². The van der Waals surface area contributed by atoms with Gasteiger partial charge in [-0.2, -0.15) is 5.10 Å². The first-order chi connectivity index (χ1) is 10.6. The number of nitrogens with zero attached hydrogens (tertiary/aromatic N) is 1. The molecule has 0 spiro atoms. The first kappa shape index (κ1) is 16.3. The molecule has 0 saturated heterocycles. The number of benzene rings is 1. The second-order valence-electron chi connectivity index (χ2n) is 4.33. The van der Waals surface area contributed by atoms with Crippen molar-refractivity contribution in [2.75, 3.05) is 14.2 Å². The van der Waals surface area contributed by atoms with Crippen LogP contribution in [0.1, 0.15) is 21.7 Å². The Hall–Kier alpha value is -2.03. The van der Waals surface area contributed by atoms with Crippen molar-refractivity contribution in [3.63, 3.8) is 0 Å². The van der Waals surface area contributed by atoms with Gasteiger partial charge >= 0.3 is 0 Å². The first-order valence-corrected chi connectivity index (χ1v) is 7.43. The largest absolute Gasteiger partial charge is 0.493 e. The molecule has 6 nitrogen and oxygen atoms in total. The van der Waals surface area contributed by atoms with Crippen LogP contribution in [-0.2, 0) is 0 Å². The fraction of sp³-hybridized carbons (Fsp3) is 0.200. The maximum atomic E-state index is 11.9. The molecule has 1 heterocycles. The Labute approximate surface area is 141 Å². The van der Waals surface area contributed by atoms with Crippen LogP contribution in [0.2, 0.25) is 0 Å². The van der Waals surface area contributed by atoms with Gasteiger partial charge in [0.2, 0.25) is 0 Å². The number of nitrogens with one attached hydrogen (secondary N) is 1. The topological polar surface area (TPSA) is 73.1 Å². The lowest BCUT2D eigenvalue weighted by Crippen LogP contribution is -2.17. The number of furan rings is 1. The Balaban J connectivity index is 2.12. The average Bonchev–Trinajstić information content (AvgIpc) is 2.92. The predicted molar refractivity (Wildman–Crippen MR) is 90.8 cm³/mol. The highest BCUT2D eigenvalue weighted by Crippen LogP contribution is 2.32. The third kappa shape index (κ3) is 3.59. The summed E-state index contributed by atoms with van der Waals surface area (Å²) in [6, 6.07) is 5.25. The molecule has 2 rings (SSSR count). The zero-order valence-corrected chi connectivity index (χ0v) is 14.5. The fourth-order valence-electron chi connectivity index (χ4n) is 1.86. The van der Waals surface area contributed by atoms with Crippen molar-refractivity contribution in [3.8, 4) is 11.5 Å². The van der Waals surface area contributed by atoms with E-state index in [2.05, 4.69) is 33.1 Å². The zero-order valence-electron chi connectivity index (χ0n) is 12.3. The first-order valence-electron chi connectivity index (χ1n) is 6.35. The summed E-state index contributed by atoms with van der Waals surface area (Å²) >= 11 is 2.15. The van der Waals surface area contributed by atoms with Crippen molar-refractivity contribution < 1.29 is 18.7 Å². The van der Waals surface area contributed by atoms with Crippen LogP contribution in [0.15, 0.2) is 34.0 Å². The van der Waals surface area contributed by atoms with Gasteiger partial charge in [-0.1, -0.05) is 0 Å². The molecule has 0 bridgehead atoms. The minimum atomic E-state index is -0.322. The van der Waals surface area contributed by atoms with E-state index >= 15 is 0 Å². The molecule has 7 heteroatoms. The van der Waals surface area contributed by atoms with Gasteiger partial charge in [0.25, 0.3) is 5.91 Å². The van der Waals surface area contributed by atoms with E-state index in [-0.39, 0.29) is 5.91 Å².